The maximum atomic E-state index is 11.4. The fourth-order valence-electron chi connectivity index (χ4n) is 0.924. The lowest BCUT2D eigenvalue weighted by Crippen LogP contribution is -2.44. The van der Waals surface area contributed by atoms with E-state index in [2.05, 4.69) is 10.6 Å². The summed E-state index contributed by atoms with van der Waals surface area (Å²) in [7, 11) is 0. The normalized spacial score (nSPS) is 11.6. The molecular formula is C12H22N2O5. The van der Waals surface area contributed by atoms with E-state index in [1.807, 2.05) is 0 Å². The van der Waals surface area contributed by atoms with Crippen LogP contribution >= 0.6 is 0 Å². The van der Waals surface area contributed by atoms with Crippen molar-refractivity contribution in [3.05, 3.63) is 0 Å². The first-order valence-corrected chi connectivity index (χ1v) is 5.91. The molecule has 0 aliphatic carbocycles. The highest BCUT2D eigenvalue weighted by atomic mass is 16.6. The van der Waals surface area contributed by atoms with Crippen molar-refractivity contribution < 1.29 is 24.2 Å². The van der Waals surface area contributed by atoms with Crippen LogP contribution in [0, 0.1) is 5.41 Å². The largest absolute Gasteiger partial charge is 0.481 e. The molecule has 0 atom stereocenters. The summed E-state index contributed by atoms with van der Waals surface area (Å²) in [6.07, 6.45) is -0.694. The van der Waals surface area contributed by atoms with E-state index in [0.717, 1.165) is 0 Å². The summed E-state index contributed by atoms with van der Waals surface area (Å²) in [4.78, 5) is 33.5. The van der Waals surface area contributed by atoms with Crippen LogP contribution in [0.3, 0.4) is 0 Å². The van der Waals surface area contributed by atoms with E-state index in [1.165, 1.54) is 13.8 Å². The van der Waals surface area contributed by atoms with Gasteiger partial charge in [0.25, 0.3) is 0 Å². The first-order valence-electron chi connectivity index (χ1n) is 5.91. The maximum absolute atomic E-state index is 11.4. The quantitative estimate of drug-likeness (QED) is 0.685. The van der Waals surface area contributed by atoms with Gasteiger partial charge in [-0.25, -0.2) is 4.79 Å². The van der Waals surface area contributed by atoms with Gasteiger partial charge in [-0.3, -0.25) is 9.59 Å². The smallest absolute Gasteiger partial charge is 0.408 e. The van der Waals surface area contributed by atoms with Crippen LogP contribution in [-0.4, -0.2) is 41.8 Å². The van der Waals surface area contributed by atoms with E-state index >= 15 is 0 Å². The molecule has 19 heavy (non-hydrogen) atoms. The van der Waals surface area contributed by atoms with Gasteiger partial charge in [0.1, 0.15) is 5.60 Å². The number of carbonyl (C=O) groups is 3. The first-order chi connectivity index (χ1) is 8.44. The number of carboxylic acid groups (broad SMARTS) is 1. The zero-order valence-electron chi connectivity index (χ0n) is 12.0. The van der Waals surface area contributed by atoms with Crippen molar-refractivity contribution in [3.8, 4) is 0 Å². The maximum Gasteiger partial charge on any atom is 0.408 e. The third-order valence-electron chi connectivity index (χ3n) is 2.10. The number of rotatable bonds is 5. The molecule has 0 aliphatic heterocycles. The van der Waals surface area contributed by atoms with Gasteiger partial charge in [-0.15, -0.1) is 0 Å². The monoisotopic (exact) mass is 274 g/mol. The minimum atomic E-state index is -1.05. The SMILES string of the molecule is CC(C)(C)OC(=O)NCC(=O)NCC(C)(C)C(=O)O. The lowest BCUT2D eigenvalue weighted by molar-refractivity contribution is -0.146. The number of nitrogens with one attached hydrogen (secondary N) is 2. The van der Waals surface area contributed by atoms with E-state index < -0.39 is 29.0 Å². The number of carboxylic acids is 1. The summed E-state index contributed by atoms with van der Waals surface area (Å²) in [6.45, 7) is 7.85. The molecule has 0 aliphatic rings. The summed E-state index contributed by atoms with van der Waals surface area (Å²) >= 11 is 0. The van der Waals surface area contributed by atoms with Gasteiger partial charge in [0, 0.05) is 6.54 Å². The van der Waals surface area contributed by atoms with Crippen molar-refractivity contribution in [2.45, 2.75) is 40.2 Å². The highest BCUT2D eigenvalue weighted by molar-refractivity contribution is 5.83. The van der Waals surface area contributed by atoms with Crippen LogP contribution in [0.1, 0.15) is 34.6 Å². The molecule has 3 N–H and O–H groups in total. The van der Waals surface area contributed by atoms with Crippen LogP contribution in [-0.2, 0) is 14.3 Å². The minimum Gasteiger partial charge on any atom is -0.481 e. The average molecular weight is 274 g/mol. The topological polar surface area (TPSA) is 105 Å². The molecule has 0 rings (SSSR count). The fourth-order valence-corrected chi connectivity index (χ4v) is 0.924. The number of amides is 2. The Labute approximate surface area is 112 Å². The molecule has 7 nitrogen and oxygen atoms in total. The van der Waals surface area contributed by atoms with Crippen LogP contribution < -0.4 is 10.6 Å². The van der Waals surface area contributed by atoms with Crippen LogP contribution in [0.2, 0.25) is 0 Å². The van der Waals surface area contributed by atoms with Gasteiger partial charge in [0.05, 0.1) is 12.0 Å². The Bertz CT molecular complexity index is 358. The Hall–Kier alpha value is -1.79. The average Bonchev–Trinajstić information content (AvgIpc) is 2.21. The van der Waals surface area contributed by atoms with Gasteiger partial charge in [-0.1, -0.05) is 0 Å². The molecule has 0 aromatic carbocycles. The van der Waals surface area contributed by atoms with Crippen molar-refractivity contribution in [2.75, 3.05) is 13.1 Å². The fraction of sp³-hybridized carbons (Fsp3) is 0.750. The number of hydrogen-bond acceptors (Lipinski definition) is 4. The third-order valence-corrected chi connectivity index (χ3v) is 2.10. The molecule has 0 fully saturated rings. The number of alkyl carbamates (subject to hydrolysis) is 1. The lowest BCUT2D eigenvalue weighted by atomic mass is 9.94. The molecule has 2 amide bonds. The van der Waals surface area contributed by atoms with Crippen molar-refractivity contribution in [1.82, 2.24) is 10.6 Å². The minimum absolute atomic E-state index is 0.0167. The highest BCUT2D eigenvalue weighted by Gasteiger charge is 2.27. The van der Waals surface area contributed by atoms with Gasteiger partial charge in [0.15, 0.2) is 0 Å². The number of ether oxygens (including phenoxy) is 1. The molecule has 110 valence electrons. The lowest BCUT2D eigenvalue weighted by Gasteiger charge is -2.21. The highest BCUT2D eigenvalue weighted by Crippen LogP contribution is 2.12. The first kappa shape index (κ1) is 17.2. The molecule has 0 unspecified atom stereocenters. The van der Waals surface area contributed by atoms with Gasteiger partial charge >= 0.3 is 12.1 Å². The molecule has 0 spiro atoms. The Morgan fingerprint density at radius 1 is 1.05 bits per heavy atom. The second kappa shape index (κ2) is 6.40. The Morgan fingerprint density at radius 2 is 1.58 bits per heavy atom. The summed E-state index contributed by atoms with van der Waals surface area (Å²) in [6, 6.07) is 0. The molecule has 0 radical (unpaired) electrons. The number of hydrogen-bond donors (Lipinski definition) is 3. The molecule has 0 saturated carbocycles. The van der Waals surface area contributed by atoms with E-state index in [9.17, 15) is 14.4 Å². The molecule has 0 aromatic heterocycles. The van der Waals surface area contributed by atoms with E-state index in [-0.39, 0.29) is 13.1 Å². The predicted octanol–water partition coefficient (Wildman–Crippen LogP) is 0.738. The summed E-state index contributed by atoms with van der Waals surface area (Å²) in [5.74, 6) is -1.48. The van der Waals surface area contributed by atoms with Crippen molar-refractivity contribution in [2.24, 2.45) is 5.41 Å². The van der Waals surface area contributed by atoms with Crippen LogP contribution in [0.25, 0.3) is 0 Å². The Kier molecular flexibility index (Phi) is 5.80. The summed E-state index contributed by atoms with van der Waals surface area (Å²) < 4.78 is 4.95. The molecule has 0 aromatic rings. The third kappa shape index (κ3) is 8.01. The van der Waals surface area contributed by atoms with Crippen LogP contribution in [0.15, 0.2) is 0 Å². The van der Waals surface area contributed by atoms with Crippen LogP contribution in [0.5, 0.6) is 0 Å². The van der Waals surface area contributed by atoms with Crippen molar-refractivity contribution in [1.29, 1.82) is 0 Å². The second-order valence-corrected chi connectivity index (χ2v) is 5.82. The van der Waals surface area contributed by atoms with E-state index in [1.54, 1.807) is 20.8 Å². The zero-order valence-corrected chi connectivity index (χ0v) is 12.0. The Morgan fingerprint density at radius 3 is 2.00 bits per heavy atom. The summed E-state index contributed by atoms with van der Waals surface area (Å²) in [5.41, 5.74) is -1.69. The zero-order chi connectivity index (χ0) is 15.3. The molecular weight excluding hydrogens is 252 g/mol. The Balaban J connectivity index is 4.01. The van der Waals surface area contributed by atoms with Crippen LogP contribution in [0.4, 0.5) is 4.79 Å². The van der Waals surface area contributed by atoms with Gasteiger partial charge in [-0.2, -0.15) is 0 Å². The molecule has 0 bridgehead atoms. The van der Waals surface area contributed by atoms with E-state index in [4.69, 9.17) is 9.84 Å². The second-order valence-electron chi connectivity index (χ2n) is 5.82. The molecule has 0 saturated heterocycles. The van der Waals surface area contributed by atoms with Gasteiger partial charge in [-0.05, 0) is 34.6 Å². The molecule has 0 heterocycles. The van der Waals surface area contributed by atoms with Gasteiger partial charge < -0.3 is 20.5 Å². The van der Waals surface area contributed by atoms with E-state index in [0.29, 0.717) is 0 Å². The van der Waals surface area contributed by atoms with Crippen molar-refractivity contribution >= 4 is 18.0 Å². The predicted molar refractivity (Wildman–Crippen MR) is 68.7 cm³/mol. The standard InChI is InChI=1S/C12H22N2O5/c1-11(2,3)19-10(18)13-6-8(15)14-7-12(4,5)9(16)17/h6-7H2,1-5H3,(H,13,18)(H,14,15)(H,16,17). The number of aliphatic carboxylic acids is 1. The summed E-state index contributed by atoms with van der Waals surface area (Å²) in [5, 5.41) is 13.6. The molecule has 7 heteroatoms. The number of carbonyl (C=O) groups excluding carboxylic acids is 2. The van der Waals surface area contributed by atoms with Gasteiger partial charge in [0.2, 0.25) is 5.91 Å². The van der Waals surface area contributed by atoms with Crippen molar-refractivity contribution in [3.63, 3.8) is 0 Å².